The molecule has 0 fully saturated rings. The summed E-state index contributed by atoms with van der Waals surface area (Å²) >= 11 is 9.08. The molecule has 0 amide bonds. The maximum absolute atomic E-state index is 11.1. The molecule has 0 aliphatic carbocycles. The highest BCUT2D eigenvalue weighted by atomic mass is 79.9. The maximum atomic E-state index is 11.1. The molecule has 0 saturated heterocycles. The van der Waals surface area contributed by atoms with Crippen molar-refractivity contribution in [3.63, 3.8) is 0 Å². The molecule has 0 aliphatic rings. The van der Waals surface area contributed by atoms with Gasteiger partial charge in [0.1, 0.15) is 15.6 Å². The van der Waals surface area contributed by atoms with E-state index in [1.165, 1.54) is 13.2 Å². The number of benzene rings is 1. The highest BCUT2D eigenvalue weighted by molar-refractivity contribution is 9.10. The monoisotopic (exact) mass is 342 g/mol. The van der Waals surface area contributed by atoms with Gasteiger partial charge in [0, 0.05) is 16.8 Å². The minimum Gasteiger partial charge on any atom is -0.495 e. The predicted molar refractivity (Wildman–Crippen MR) is 70.4 cm³/mol. The Morgan fingerprint density at radius 3 is 2.59 bits per heavy atom. The third-order valence-corrected chi connectivity index (χ3v) is 3.79. The Bertz CT molecular complexity index is 515. The Hall–Kier alpha value is -0.300. The summed E-state index contributed by atoms with van der Waals surface area (Å²) in [6, 6.07) is 3.10. The van der Waals surface area contributed by atoms with Crippen LogP contribution in [0.1, 0.15) is 11.7 Å². The first kappa shape index (κ1) is 14.8. The van der Waals surface area contributed by atoms with E-state index >= 15 is 0 Å². The molecule has 1 rings (SSSR count). The smallest absolute Gasteiger partial charge is 0.150 e. The molecule has 0 radical (unpaired) electrons. The second-order valence-corrected chi connectivity index (χ2v) is 7.09. The van der Waals surface area contributed by atoms with Crippen molar-refractivity contribution in [2.75, 3.05) is 19.1 Å². The van der Waals surface area contributed by atoms with Gasteiger partial charge >= 0.3 is 0 Å². The highest BCUT2D eigenvalue weighted by Gasteiger charge is 2.20. The molecule has 1 atom stereocenters. The molecule has 96 valence electrons. The van der Waals surface area contributed by atoms with Crippen molar-refractivity contribution >= 4 is 37.4 Å². The van der Waals surface area contributed by atoms with Gasteiger partial charge in [-0.2, -0.15) is 0 Å². The Balaban J connectivity index is 3.20. The minimum absolute atomic E-state index is 0.345. The van der Waals surface area contributed by atoms with Gasteiger partial charge < -0.3 is 9.84 Å². The van der Waals surface area contributed by atoms with Gasteiger partial charge in [-0.1, -0.05) is 11.6 Å². The first-order chi connectivity index (χ1) is 7.74. The average molecular weight is 344 g/mol. The van der Waals surface area contributed by atoms with E-state index in [0.29, 0.717) is 20.8 Å². The Labute approximate surface area is 114 Å². The standard InChI is InChI=1S/C10H12BrClO4S/c1-16-10-7(3-6(12)4-8(10)11)9(13)5-17(2,14)15/h3-4,9,13H,5H2,1-2H3. The molecule has 0 aliphatic heterocycles. The lowest BCUT2D eigenvalue weighted by Crippen LogP contribution is -2.13. The van der Waals surface area contributed by atoms with Crippen molar-refractivity contribution in [3.05, 3.63) is 27.2 Å². The molecule has 17 heavy (non-hydrogen) atoms. The number of halogens is 2. The third-order valence-electron chi connectivity index (χ3n) is 2.06. The van der Waals surface area contributed by atoms with Crippen molar-refractivity contribution < 1.29 is 18.3 Å². The molecule has 0 bridgehead atoms. The molecule has 1 unspecified atom stereocenters. The lowest BCUT2D eigenvalue weighted by atomic mass is 10.1. The highest BCUT2D eigenvalue weighted by Crippen LogP contribution is 2.36. The summed E-state index contributed by atoms with van der Waals surface area (Å²) in [6.07, 6.45) is -0.114. The van der Waals surface area contributed by atoms with Gasteiger partial charge in [-0.25, -0.2) is 8.42 Å². The van der Waals surface area contributed by atoms with Crippen molar-refractivity contribution in [3.8, 4) is 5.75 Å². The van der Waals surface area contributed by atoms with E-state index in [2.05, 4.69) is 15.9 Å². The molecule has 0 aromatic heterocycles. The van der Waals surface area contributed by atoms with E-state index in [9.17, 15) is 13.5 Å². The summed E-state index contributed by atoms with van der Waals surface area (Å²) in [5.74, 6) is 0.00131. The van der Waals surface area contributed by atoms with Crippen LogP contribution in [-0.2, 0) is 9.84 Å². The largest absolute Gasteiger partial charge is 0.495 e. The van der Waals surface area contributed by atoms with Gasteiger partial charge in [-0.3, -0.25) is 0 Å². The summed E-state index contributed by atoms with van der Waals surface area (Å²) in [4.78, 5) is 0. The number of sulfone groups is 1. The van der Waals surface area contributed by atoms with E-state index in [1.807, 2.05) is 0 Å². The molecule has 1 aromatic rings. The zero-order valence-electron chi connectivity index (χ0n) is 9.28. The second kappa shape index (κ2) is 5.56. The third kappa shape index (κ3) is 4.13. The summed E-state index contributed by atoms with van der Waals surface area (Å²) in [5, 5.41) is 10.3. The summed E-state index contributed by atoms with van der Waals surface area (Å²) < 4.78 is 27.9. The fourth-order valence-corrected chi connectivity index (χ4v) is 3.17. The minimum atomic E-state index is -3.29. The lowest BCUT2D eigenvalue weighted by molar-refractivity contribution is 0.196. The second-order valence-electron chi connectivity index (χ2n) is 3.62. The van der Waals surface area contributed by atoms with Gasteiger partial charge in [-0.15, -0.1) is 0 Å². The SMILES string of the molecule is COc1c(Br)cc(Cl)cc1C(O)CS(C)(=O)=O. The lowest BCUT2D eigenvalue weighted by Gasteiger charge is -2.15. The molecular weight excluding hydrogens is 332 g/mol. The number of hydrogen-bond acceptors (Lipinski definition) is 4. The number of rotatable bonds is 4. The van der Waals surface area contributed by atoms with Crippen LogP contribution < -0.4 is 4.74 Å². The number of hydrogen-bond donors (Lipinski definition) is 1. The maximum Gasteiger partial charge on any atom is 0.150 e. The van der Waals surface area contributed by atoms with Crippen LogP contribution in [0.4, 0.5) is 0 Å². The van der Waals surface area contributed by atoms with Crippen LogP contribution in [0.2, 0.25) is 5.02 Å². The molecule has 1 N–H and O–H groups in total. The van der Waals surface area contributed by atoms with Gasteiger partial charge in [-0.05, 0) is 28.1 Å². The van der Waals surface area contributed by atoms with Crippen LogP contribution in [0, 0.1) is 0 Å². The average Bonchev–Trinajstić information content (AvgIpc) is 2.13. The van der Waals surface area contributed by atoms with E-state index in [1.54, 1.807) is 6.07 Å². The van der Waals surface area contributed by atoms with Gasteiger partial charge in [0.15, 0.2) is 0 Å². The first-order valence-corrected chi connectivity index (χ1v) is 7.86. The van der Waals surface area contributed by atoms with E-state index in [0.717, 1.165) is 6.26 Å². The van der Waals surface area contributed by atoms with Crippen molar-refractivity contribution in [2.24, 2.45) is 0 Å². The van der Waals surface area contributed by atoms with Crippen LogP contribution in [0.25, 0.3) is 0 Å². The molecular formula is C10H12BrClO4S. The molecule has 0 saturated carbocycles. The number of aliphatic hydroxyl groups excluding tert-OH is 1. The van der Waals surface area contributed by atoms with Crippen molar-refractivity contribution in [1.82, 2.24) is 0 Å². The number of aliphatic hydroxyl groups is 1. The van der Waals surface area contributed by atoms with Crippen LogP contribution in [0.15, 0.2) is 16.6 Å². The fraction of sp³-hybridized carbons (Fsp3) is 0.400. The van der Waals surface area contributed by atoms with Crippen LogP contribution in [0.3, 0.4) is 0 Å². The summed E-state index contributed by atoms with van der Waals surface area (Å²) in [7, 11) is -1.85. The van der Waals surface area contributed by atoms with E-state index in [-0.39, 0.29) is 5.75 Å². The molecule has 0 heterocycles. The van der Waals surface area contributed by atoms with Gasteiger partial charge in [0.2, 0.25) is 0 Å². The Kier molecular flexibility index (Phi) is 4.83. The normalized spacial score (nSPS) is 13.5. The van der Waals surface area contributed by atoms with Gasteiger partial charge in [0.05, 0.1) is 23.4 Å². The number of methoxy groups -OCH3 is 1. The molecule has 1 aromatic carbocycles. The summed E-state index contributed by atoms with van der Waals surface area (Å²) in [5.41, 5.74) is 0.345. The topological polar surface area (TPSA) is 63.6 Å². The Morgan fingerprint density at radius 1 is 1.53 bits per heavy atom. The zero-order valence-corrected chi connectivity index (χ0v) is 12.4. The number of ether oxygens (including phenoxy) is 1. The van der Waals surface area contributed by atoms with Crippen LogP contribution in [-0.4, -0.2) is 32.6 Å². The van der Waals surface area contributed by atoms with Crippen LogP contribution in [0.5, 0.6) is 5.75 Å². The zero-order chi connectivity index (χ0) is 13.2. The van der Waals surface area contributed by atoms with Gasteiger partial charge in [0.25, 0.3) is 0 Å². The van der Waals surface area contributed by atoms with Crippen molar-refractivity contribution in [2.45, 2.75) is 6.10 Å². The summed E-state index contributed by atoms with van der Waals surface area (Å²) in [6.45, 7) is 0. The quantitative estimate of drug-likeness (QED) is 0.910. The van der Waals surface area contributed by atoms with Crippen molar-refractivity contribution in [1.29, 1.82) is 0 Å². The van der Waals surface area contributed by atoms with E-state index in [4.69, 9.17) is 16.3 Å². The molecule has 7 heteroatoms. The molecule has 0 spiro atoms. The predicted octanol–water partition coefficient (Wildman–Crippen LogP) is 2.19. The molecule has 4 nitrogen and oxygen atoms in total. The first-order valence-electron chi connectivity index (χ1n) is 4.63. The van der Waals surface area contributed by atoms with E-state index < -0.39 is 15.9 Å². The Morgan fingerprint density at radius 2 is 2.12 bits per heavy atom. The fourth-order valence-electron chi connectivity index (χ4n) is 1.42. The van der Waals surface area contributed by atoms with Crippen LogP contribution >= 0.6 is 27.5 Å².